The molecule has 0 bridgehead atoms. The van der Waals surface area contributed by atoms with Crippen LogP contribution in [0, 0.1) is 14.9 Å². The van der Waals surface area contributed by atoms with Crippen LogP contribution in [0.15, 0.2) is 48.5 Å². The summed E-state index contributed by atoms with van der Waals surface area (Å²) in [5, 5.41) is 11.3. The molecule has 0 aliphatic heterocycles. The lowest BCUT2D eigenvalue weighted by atomic mass is 10.2. The monoisotopic (exact) mass is 378 g/mol. The van der Waals surface area contributed by atoms with Gasteiger partial charge in [-0.15, -0.1) is 0 Å². The number of ether oxygens (including phenoxy) is 1. The van der Waals surface area contributed by atoms with Crippen LogP contribution in [-0.4, -0.2) is 12.5 Å². The topological polar surface area (TPSA) is 62.1 Å². The minimum Gasteiger partial charge on any atom is -0.479 e. The average Bonchev–Trinajstić information content (AvgIpc) is 2.45. The van der Waals surface area contributed by atoms with Crippen molar-refractivity contribution in [2.45, 2.75) is 0 Å². The molecular formula is C15H11IN2O2. The van der Waals surface area contributed by atoms with Gasteiger partial charge in [-0.3, -0.25) is 4.79 Å². The number of anilines is 1. The predicted octanol–water partition coefficient (Wildman–Crippen LogP) is 3.45. The summed E-state index contributed by atoms with van der Waals surface area (Å²) in [4.78, 5) is 12.1. The van der Waals surface area contributed by atoms with E-state index in [1.54, 1.807) is 30.3 Å². The normalized spacial score (nSPS) is 9.60. The zero-order valence-corrected chi connectivity index (χ0v) is 12.6. The molecular weight excluding hydrogens is 367 g/mol. The van der Waals surface area contributed by atoms with Crippen LogP contribution in [0.3, 0.4) is 0 Å². The molecule has 5 heteroatoms. The van der Waals surface area contributed by atoms with Crippen molar-refractivity contribution in [2.24, 2.45) is 0 Å². The molecule has 0 spiro atoms. The van der Waals surface area contributed by atoms with Gasteiger partial charge in [0.1, 0.15) is 11.8 Å². The number of carbonyl (C=O) groups excluding carboxylic acids is 1. The molecule has 1 N–H and O–H groups in total. The molecule has 4 nitrogen and oxygen atoms in total. The number of halogens is 1. The fourth-order valence-electron chi connectivity index (χ4n) is 1.61. The second-order valence-corrected chi connectivity index (χ2v) is 5.18. The Hall–Kier alpha value is -2.07. The van der Waals surface area contributed by atoms with Gasteiger partial charge < -0.3 is 10.1 Å². The molecule has 0 atom stereocenters. The fraction of sp³-hybridized carbons (Fsp3) is 0.0667. The predicted molar refractivity (Wildman–Crippen MR) is 84.7 cm³/mol. The lowest BCUT2D eigenvalue weighted by Gasteiger charge is -2.07. The van der Waals surface area contributed by atoms with E-state index in [9.17, 15) is 4.79 Å². The zero-order valence-electron chi connectivity index (χ0n) is 10.5. The quantitative estimate of drug-likeness (QED) is 0.830. The second kappa shape index (κ2) is 6.91. The molecule has 0 fully saturated rings. The molecule has 100 valence electrons. The first-order valence-corrected chi connectivity index (χ1v) is 6.93. The van der Waals surface area contributed by atoms with E-state index in [4.69, 9.17) is 10.00 Å². The van der Waals surface area contributed by atoms with Crippen LogP contribution in [0.2, 0.25) is 0 Å². The Morgan fingerprint density at radius 1 is 1.25 bits per heavy atom. The highest BCUT2D eigenvalue weighted by molar-refractivity contribution is 14.1. The van der Waals surface area contributed by atoms with Crippen LogP contribution < -0.4 is 10.1 Å². The van der Waals surface area contributed by atoms with Gasteiger partial charge in [-0.25, -0.2) is 0 Å². The van der Waals surface area contributed by atoms with E-state index < -0.39 is 0 Å². The van der Waals surface area contributed by atoms with Crippen LogP contribution in [0.25, 0.3) is 0 Å². The van der Waals surface area contributed by atoms with Crippen molar-refractivity contribution in [1.29, 1.82) is 5.26 Å². The van der Waals surface area contributed by atoms with Gasteiger partial charge >= 0.3 is 0 Å². The number of carbonyl (C=O) groups is 1. The SMILES string of the molecule is N#CCOc1cccc(NC(=O)c2cccc(I)c2)c1. The highest BCUT2D eigenvalue weighted by atomic mass is 127. The van der Waals surface area contributed by atoms with Crippen LogP contribution >= 0.6 is 22.6 Å². The van der Waals surface area contributed by atoms with Crippen LogP contribution in [0.1, 0.15) is 10.4 Å². The van der Waals surface area contributed by atoms with Gasteiger partial charge in [0.05, 0.1) is 0 Å². The number of hydrogen-bond donors (Lipinski definition) is 1. The summed E-state index contributed by atoms with van der Waals surface area (Å²) < 4.78 is 6.19. The molecule has 2 aromatic rings. The van der Waals surface area contributed by atoms with Crippen molar-refractivity contribution >= 4 is 34.2 Å². The maximum Gasteiger partial charge on any atom is 0.255 e. The first kappa shape index (κ1) is 14.3. The maximum atomic E-state index is 12.1. The average molecular weight is 378 g/mol. The third-order valence-electron chi connectivity index (χ3n) is 2.48. The molecule has 2 rings (SSSR count). The van der Waals surface area contributed by atoms with E-state index in [1.807, 2.05) is 24.3 Å². The van der Waals surface area contributed by atoms with Gasteiger partial charge in [0.15, 0.2) is 6.61 Å². The summed E-state index contributed by atoms with van der Waals surface area (Å²) in [5.41, 5.74) is 1.23. The first-order chi connectivity index (χ1) is 9.69. The fourth-order valence-corrected chi connectivity index (χ4v) is 2.16. The van der Waals surface area contributed by atoms with Gasteiger partial charge in [0.2, 0.25) is 0 Å². The van der Waals surface area contributed by atoms with Crippen molar-refractivity contribution in [2.75, 3.05) is 11.9 Å². The molecule has 0 aromatic heterocycles. The van der Waals surface area contributed by atoms with Crippen LogP contribution in [0.4, 0.5) is 5.69 Å². The lowest BCUT2D eigenvalue weighted by Crippen LogP contribution is -2.12. The largest absolute Gasteiger partial charge is 0.479 e. The molecule has 0 radical (unpaired) electrons. The zero-order chi connectivity index (χ0) is 14.4. The van der Waals surface area contributed by atoms with Crippen LogP contribution in [0.5, 0.6) is 5.75 Å². The summed E-state index contributed by atoms with van der Waals surface area (Å²) in [6.07, 6.45) is 0. The number of benzene rings is 2. The van der Waals surface area contributed by atoms with Crippen molar-refractivity contribution in [3.63, 3.8) is 0 Å². The van der Waals surface area contributed by atoms with Crippen LogP contribution in [-0.2, 0) is 0 Å². The molecule has 2 aromatic carbocycles. The van der Waals surface area contributed by atoms with Crippen molar-refractivity contribution in [3.05, 3.63) is 57.7 Å². The van der Waals surface area contributed by atoms with Crippen molar-refractivity contribution < 1.29 is 9.53 Å². The van der Waals surface area contributed by atoms with E-state index in [0.29, 0.717) is 17.0 Å². The third-order valence-corrected chi connectivity index (χ3v) is 3.15. The smallest absolute Gasteiger partial charge is 0.255 e. The van der Waals surface area contributed by atoms with Gasteiger partial charge in [-0.2, -0.15) is 5.26 Å². The number of nitriles is 1. The number of nitrogens with one attached hydrogen (secondary N) is 1. The Labute approximate surface area is 130 Å². The Kier molecular flexibility index (Phi) is 4.96. The van der Waals surface area contributed by atoms with Gasteiger partial charge in [0, 0.05) is 20.9 Å². The molecule has 0 saturated heterocycles. The van der Waals surface area contributed by atoms with E-state index in [2.05, 4.69) is 27.9 Å². The van der Waals surface area contributed by atoms with E-state index in [-0.39, 0.29) is 12.5 Å². The minimum atomic E-state index is -0.180. The van der Waals surface area contributed by atoms with Gasteiger partial charge in [0.25, 0.3) is 5.91 Å². The summed E-state index contributed by atoms with van der Waals surface area (Å²) >= 11 is 2.16. The van der Waals surface area contributed by atoms with E-state index in [0.717, 1.165) is 3.57 Å². The lowest BCUT2D eigenvalue weighted by molar-refractivity contribution is 0.102. The Balaban J connectivity index is 2.10. The second-order valence-electron chi connectivity index (χ2n) is 3.94. The van der Waals surface area contributed by atoms with Crippen molar-refractivity contribution in [1.82, 2.24) is 0 Å². The summed E-state index contributed by atoms with van der Waals surface area (Å²) in [5.74, 6) is 0.368. The Bertz CT molecular complexity index is 665. The number of hydrogen-bond acceptors (Lipinski definition) is 3. The summed E-state index contributed by atoms with van der Waals surface area (Å²) in [7, 11) is 0. The molecule has 0 unspecified atom stereocenters. The van der Waals surface area contributed by atoms with Gasteiger partial charge in [-0.1, -0.05) is 12.1 Å². The van der Waals surface area contributed by atoms with Crippen molar-refractivity contribution in [3.8, 4) is 11.8 Å². The molecule has 0 aliphatic rings. The maximum absolute atomic E-state index is 12.1. The highest BCUT2D eigenvalue weighted by Crippen LogP contribution is 2.18. The standard InChI is InChI=1S/C15H11IN2O2/c16-12-4-1-3-11(9-12)15(19)18-13-5-2-6-14(10-13)20-8-7-17/h1-6,9-10H,8H2,(H,18,19). The number of nitrogens with zero attached hydrogens (tertiary/aromatic N) is 1. The van der Waals surface area contributed by atoms with Gasteiger partial charge in [-0.05, 0) is 52.9 Å². The Morgan fingerprint density at radius 2 is 2.05 bits per heavy atom. The minimum absolute atomic E-state index is 0.0196. The number of amides is 1. The highest BCUT2D eigenvalue weighted by Gasteiger charge is 2.06. The first-order valence-electron chi connectivity index (χ1n) is 5.86. The molecule has 0 heterocycles. The molecule has 1 amide bonds. The molecule has 20 heavy (non-hydrogen) atoms. The summed E-state index contributed by atoms with van der Waals surface area (Å²) in [6.45, 7) is -0.0196. The molecule has 0 aliphatic carbocycles. The van der Waals surface area contributed by atoms with E-state index >= 15 is 0 Å². The van der Waals surface area contributed by atoms with E-state index in [1.165, 1.54) is 0 Å². The number of rotatable bonds is 4. The Morgan fingerprint density at radius 3 is 2.80 bits per heavy atom. The third kappa shape index (κ3) is 3.96. The summed E-state index contributed by atoms with van der Waals surface area (Å²) in [6, 6.07) is 16.2. The molecule has 0 saturated carbocycles.